The van der Waals surface area contributed by atoms with E-state index in [4.69, 9.17) is 5.11 Å². The minimum Gasteiger partial charge on any atom is -0.392 e. The second-order valence-corrected chi connectivity index (χ2v) is 5.00. The molecular formula is C13H18FNO2. The highest BCUT2D eigenvalue weighted by Crippen LogP contribution is 2.15. The zero-order chi connectivity index (χ0) is 13.1. The van der Waals surface area contributed by atoms with E-state index in [2.05, 4.69) is 5.32 Å². The molecule has 94 valence electrons. The summed E-state index contributed by atoms with van der Waals surface area (Å²) in [6, 6.07) is 4.17. The molecule has 1 rings (SSSR count). The normalized spacial score (nSPS) is 11.4. The monoisotopic (exact) mass is 239 g/mol. The zero-order valence-corrected chi connectivity index (χ0v) is 10.4. The molecule has 0 aliphatic rings. The zero-order valence-electron chi connectivity index (χ0n) is 10.4. The van der Waals surface area contributed by atoms with E-state index < -0.39 is 5.41 Å². The van der Waals surface area contributed by atoms with Crippen LogP contribution in [-0.4, -0.2) is 11.0 Å². The number of aliphatic hydroxyl groups excluding tert-OH is 1. The van der Waals surface area contributed by atoms with Gasteiger partial charge in [0.15, 0.2) is 0 Å². The Bertz CT molecular complexity index is 410. The van der Waals surface area contributed by atoms with Crippen LogP contribution in [0.2, 0.25) is 0 Å². The molecule has 0 aliphatic carbocycles. The third kappa shape index (κ3) is 3.82. The van der Waals surface area contributed by atoms with Crippen molar-refractivity contribution < 1.29 is 14.3 Å². The van der Waals surface area contributed by atoms with Crippen LogP contribution in [0.15, 0.2) is 18.2 Å². The highest BCUT2D eigenvalue weighted by Gasteiger charge is 2.20. The van der Waals surface area contributed by atoms with Crippen molar-refractivity contribution >= 4 is 5.91 Å². The van der Waals surface area contributed by atoms with Gasteiger partial charge in [-0.05, 0) is 23.3 Å². The fourth-order valence-corrected chi connectivity index (χ4v) is 1.35. The molecule has 1 aromatic rings. The number of carbonyl (C=O) groups is 1. The number of aliphatic hydroxyl groups is 1. The van der Waals surface area contributed by atoms with Crippen molar-refractivity contribution in [2.24, 2.45) is 5.41 Å². The molecule has 1 aromatic carbocycles. The molecule has 4 heteroatoms. The molecule has 17 heavy (non-hydrogen) atoms. The third-order valence-electron chi connectivity index (χ3n) is 2.46. The summed E-state index contributed by atoms with van der Waals surface area (Å²) >= 11 is 0. The lowest BCUT2D eigenvalue weighted by Crippen LogP contribution is -2.34. The van der Waals surface area contributed by atoms with Crippen molar-refractivity contribution in [3.8, 4) is 0 Å². The standard InChI is InChI=1S/C13H18FNO2/c1-13(2,3)12(17)15-7-9-4-5-11(14)6-10(9)8-16/h4-6,16H,7-8H2,1-3H3,(H,15,17). The summed E-state index contributed by atoms with van der Waals surface area (Å²) in [4.78, 5) is 11.7. The number of hydrogen-bond acceptors (Lipinski definition) is 2. The fourth-order valence-electron chi connectivity index (χ4n) is 1.35. The predicted octanol–water partition coefficient (Wildman–Crippen LogP) is 1.98. The first-order valence-corrected chi connectivity index (χ1v) is 5.51. The first-order chi connectivity index (χ1) is 7.84. The Morgan fingerprint density at radius 1 is 1.35 bits per heavy atom. The number of benzene rings is 1. The Morgan fingerprint density at radius 3 is 2.53 bits per heavy atom. The Morgan fingerprint density at radius 2 is 2.00 bits per heavy atom. The van der Waals surface area contributed by atoms with Crippen molar-refractivity contribution in [1.82, 2.24) is 5.32 Å². The molecule has 0 radical (unpaired) electrons. The second kappa shape index (κ2) is 5.27. The van der Waals surface area contributed by atoms with Crippen LogP contribution in [0.3, 0.4) is 0 Å². The van der Waals surface area contributed by atoms with E-state index in [1.165, 1.54) is 12.1 Å². The second-order valence-electron chi connectivity index (χ2n) is 5.00. The minimum absolute atomic E-state index is 0.0780. The van der Waals surface area contributed by atoms with Crippen LogP contribution < -0.4 is 5.32 Å². The molecule has 0 spiro atoms. The van der Waals surface area contributed by atoms with Gasteiger partial charge in [-0.25, -0.2) is 4.39 Å². The highest BCUT2D eigenvalue weighted by atomic mass is 19.1. The predicted molar refractivity (Wildman–Crippen MR) is 63.6 cm³/mol. The summed E-state index contributed by atoms with van der Waals surface area (Å²) in [6.07, 6.45) is 0. The fraction of sp³-hybridized carbons (Fsp3) is 0.462. The van der Waals surface area contributed by atoms with E-state index in [-0.39, 0.29) is 18.3 Å². The van der Waals surface area contributed by atoms with Gasteiger partial charge in [0.2, 0.25) is 5.91 Å². The van der Waals surface area contributed by atoms with Gasteiger partial charge in [0.1, 0.15) is 5.82 Å². The van der Waals surface area contributed by atoms with Gasteiger partial charge in [0, 0.05) is 12.0 Å². The van der Waals surface area contributed by atoms with Gasteiger partial charge < -0.3 is 10.4 Å². The van der Waals surface area contributed by atoms with Gasteiger partial charge in [-0.1, -0.05) is 26.8 Å². The van der Waals surface area contributed by atoms with Gasteiger partial charge in [-0.2, -0.15) is 0 Å². The lowest BCUT2D eigenvalue weighted by molar-refractivity contribution is -0.128. The van der Waals surface area contributed by atoms with E-state index in [0.717, 1.165) is 5.56 Å². The molecule has 0 bridgehead atoms. The summed E-state index contributed by atoms with van der Waals surface area (Å²) in [5.41, 5.74) is 0.769. The average molecular weight is 239 g/mol. The largest absolute Gasteiger partial charge is 0.392 e. The number of nitrogens with one attached hydrogen (secondary N) is 1. The molecule has 0 heterocycles. The van der Waals surface area contributed by atoms with Crippen molar-refractivity contribution in [3.05, 3.63) is 35.1 Å². The summed E-state index contributed by atoms with van der Waals surface area (Å²) in [5.74, 6) is -0.467. The van der Waals surface area contributed by atoms with Crippen LogP contribution in [0.4, 0.5) is 4.39 Å². The van der Waals surface area contributed by atoms with Gasteiger partial charge >= 0.3 is 0 Å². The van der Waals surface area contributed by atoms with Crippen LogP contribution in [0.1, 0.15) is 31.9 Å². The van der Waals surface area contributed by atoms with Gasteiger partial charge in [0.05, 0.1) is 6.61 Å². The van der Waals surface area contributed by atoms with Crippen LogP contribution in [-0.2, 0) is 17.9 Å². The number of halogens is 1. The SMILES string of the molecule is CC(C)(C)C(=O)NCc1ccc(F)cc1CO. The summed E-state index contributed by atoms with van der Waals surface area (Å²) < 4.78 is 12.9. The molecule has 0 saturated carbocycles. The number of amides is 1. The van der Waals surface area contributed by atoms with Crippen molar-refractivity contribution in [1.29, 1.82) is 0 Å². The Kier molecular flexibility index (Phi) is 4.23. The molecule has 0 aliphatic heterocycles. The van der Waals surface area contributed by atoms with Crippen LogP contribution >= 0.6 is 0 Å². The molecule has 2 N–H and O–H groups in total. The molecule has 0 atom stereocenters. The molecule has 0 saturated heterocycles. The topological polar surface area (TPSA) is 49.3 Å². The van der Waals surface area contributed by atoms with Gasteiger partial charge in [-0.15, -0.1) is 0 Å². The van der Waals surface area contributed by atoms with Gasteiger partial charge in [0.25, 0.3) is 0 Å². The number of hydrogen-bond donors (Lipinski definition) is 2. The van der Waals surface area contributed by atoms with E-state index in [0.29, 0.717) is 12.1 Å². The van der Waals surface area contributed by atoms with E-state index >= 15 is 0 Å². The summed E-state index contributed by atoms with van der Waals surface area (Å²) in [6.45, 7) is 5.52. The van der Waals surface area contributed by atoms with Crippen LogP contribution in [0.5, 0.6) is 0 Å². The maximum absolute atomic E-state index is 12.9. The lowest BCUT2D eigenvalue weighted by atomic mass is 9.95. The summed E-state index contributed by atoms with van der Waals surface area (Å²) in [7, 11) is 0. The van der Waals surface area contributed by atoms with E-state index in [1.54, 1.807) is 6.07 Å². The highest BCUT2D eigenvalue weighted by molar-refractivity contribution is 5.81. The Balaban J connectivity index is 2.73. The lowest BCUT2D eigenvalue weighted by Gasteiger charge is -2.18. The minimum atomic E-state index is -0.459. The van der Waals surface area contributed by atoms with Crippen LogP contribution in [0.25, 0.3) is 0 Å². The van der Waals surface area contributed by atoms with E-state index in [9.17, 15) is 9.18 Å². The summed E-state index contributed by atoms with van der Waals surface area (Å²) in [5, 5.41) is 11.8. The third-order valence-corrected chi connectivity index (χ3v) is 2.46. The molecular weight excluding hydrogens is 221 g/mol. The number of rotatable bonds is 3. The average Bonchev–Trinajstić information content (AvgIpc) is 2.25. The smallest absolute Gasteiger partial charge is 0.225 e. The first-order valence-electron chi connectivity index (χ1n) is 5.51. The van der Waals surface area contributed by atoms with Crippen LogP contribution in [0, 0.1) is 11.2 Å². The molecule has 0 fully saturated rings. The Labute approximate surface area is 101 Å². The molecule has 1 amide bonds. The van der Waals surface area contributed by atoms with Crippen molar-refractivity contribution in [3.63, 3.8) is 0 Å². The first kappa shape index (κ1) is 13.6. The van der Waals surface area contributed by atoms with Gasteiger partial charge in [-0.3, -0.25) is 4.79 Å². The quantitative estimate of drug-likeness (QED) is 0.847. The molecule has 0 aromatic heterocycles. The molecule has 0 unspecified atom stereocenters. The molecule has 3 nitrogen and oxygen atoms in total. The maximum Gasteiger partial charge on any atom is 0.225 e. The Hall–Kier alpha value is -1.42. The van der Waals surface area contributed by atoms with E-state index in [1.807, 2.05) is 20.8 Å². The van der Waals surface area contributed by atoms with Crippen molar-refractivity contribution in [2.75, 3.05) is 0 Å². The maximum atomic E-state index is 12.9. The van der Waals surface area contributed by atoms with Crippen molar-refractivity contribution in [2.45, 2.75) is 33.9 Å². The number of carbonyl (C=O) groups excluding carboxylic acids is 1.